The highest BCUT2D eigenvalue weighted by atomic mass is 19.1. The lowest BCUT2D eigenvalue weighted by Gasteiger charge is -2.36. The third-order valence-corrected chi connectivity index (χ3v) is 6.58. The van der Waals surface area contributed by atoms with Crippen LogP contribution in [0.5, 0.6) is 0 Å². The minimum absolute atomic E-state index is 0.0422. The van der Waals surface area contributed by atoms with Gasteiger partial charge >= 0.3 is 0 Å². The number of nitrogens with one attached hydrogen (secondary N) is 2. The van der Waals surface area contributed by atoms with E-state index in [0.717, 1.165) is 26.2 Å². The molecule has 3 amide bonds. The molecule has 1 aromatic rings. The van der Waals surface area contributed by atoms with Gasteiger partial charge in [0.05, 0.1) is 12.1 Å². The van der Waals surface area contributed by atoms with Gasteiger partial charge in [0.1, 0.15) is 5.82 Å². The van der Waals surface area contributed by atoms with E-state index in [2.05, 4.69) is 16.8 Å². The molecule has 0 aliphatic carbocycles. The van der Waals surface area contributed by atoms with Gasteiger partial charge in [-0.25, -0.2) is 4.39 Å². The van der Waals surface area contributed by atoms with Crippen LogP contribution in [0.4, 0.5) is 4.39 Å². The third kappa shape index (κ3) is 7.21. The Labute approximate surface area is 217 Å². The molecule has 2 aliphatic heterocycles. The Morgan fingerprint density at radius 1 is 1.08 bits per heavy atom. The molecule has 2 aliphatic rings. The molecule has 198 valence electrons. The number of nitrogens with two attached hydrogens (primary N) is 1. The van der Waals surface area contributed by atoms with Gasteiger partial charge in [-0.3, -0.25) is 19.3 Å². The summed E-state index contributed by atoms with van der Waals surface area (Å²) in [7, 11) is 0. The Bertz CT molecular complexity index is 1120. The summed E-state index contributed by atoms with van der Waals surface area (Å²) < 4.78 is 14.7. The third-order valence-electron chi connectivity index (χ3n) is 6.58. The maximum Gasteiger partial charge on any atom is 0.256 e. The standard InChI is InChI=1S/C27H35FN6O3/c1-3-5-21(20(4-2)26(30)36)24(29)17-19-6-7-23(28)22(16-19)27(37)34-14-12-33(13-15-34)25(35)18-32-10-8-31-9-11-32/h3-7,16,29,31H,1,8-15,17-18H2,2H3,(H2,30,36)/b20-4+,21-5+,29-24?. The molecular formula is C27H35FN6O3. The zero-order valence-corrected chi connectivity index (χ0v) is 21.3. The summed E-state index contributed by atoms with van der Waals surface area (Å²) in [6, 6.07) is 4.17. The lowest BCUT2D eigenvalue weighted by Crippen LogP contribution is -2.54. The lowest BCUT2D eigenvalue weighted by atomic mass is 9.94. The molecule has 37 heavy (non-hydrogen) atoms. The van der Waals surface area contributed by atoms with Gasteiger partial charge < -0.3 is 26.3 Å². The molecule has 0 bridgehead atoms. The summed E-state index contributed by atoms with van der Waals surface area (Å²) in [6.07, 6.45) is 4.59. The topological polar surface area (TPSA) is 123 Å². The maximum absolute atomic E-state index is 14.7. The average Bonchev–Trinajstić information content (AvgIpc) is 2.89. The number of amides is 3. The molecule has 0 radical (unpaired) electrons. The second-order valence-electron chi connectivity index (χ2n) is 9.05. The fourth-order valence-electron chi connectivity index (χ4n) is 4.54. The van der Waals surface area contributed by atoms with Crippen molar-refractivity contribution in [1.29, 1.82) is 5.41 Å². The SMILES string of the molecule is C=C/C=C(C(=N)Cc1ccc(F)c(C(=O)N2CCN(C(=O)CN3CCNCC3)CC2)c1)\C(=C/C)C(N)=O. The van der Waals surface area contributed by atoms with Crippen LogP contribution in [-0.2, 0) is 16.0 Å². The highest BCUT2D eigenvalue weighted by Gasteiger charge is 2.27. The number of piperazine rings is 2. The molecule has 3 rings (SSSR count). The van der Waals surface area contributed by atoms with Crippen LogP contribution in [0.25, 0.3) is 0 Å². The number of carbonyl (C=O) groups is 3. The highest BCUT2D eigenvalue weighted by Crippen LogP contribution is 2.19. The Hall–Kier alpha value is -3.63. The number of hydrogen-bond acceptors (Lipinski definition) is 6. The Kier molecular flexibility index (Phi) is 9.87. The maximum atomic E-state index is 14.7. The van der Waals surface area contributed by atoms with Crippen molar-refractivity contribution in [2.45, 2.75) is 13.3 Å². The molecule has 0 saturated carbocycles. The van der Waals surface area contributed by atoms with E-state index in [9.17, 15) is 18.8 Å². The van der Waals surface area contributed by atoms with Crippen LogP contribution < -0.4 is 11.1 Å². The highest BCUT2D eigenvalue weighted by molar-refractivity contribution is 6.13. The number of halogens is 1. The molecule has 0 aromatic heterocycles. The van der Waals surface area contributed by atoms with Crippen molar-refractivity contribution in [1.82, 2.24) is 20.0 Å². The number of primary amides is 1. The van der Waals surface area contributed by atoms with E-state index >= 15 is 0 Å². The van der Waals surface area contributed by atoms with E-state index in [4.69, 9.17) is 11.1 Å². The van der Waals surface area contributed by atoms with Gasteiger partial charge in [-0.1, -0.05) is 30.9 Å². The average molecular weight is 511 g/mol. The van der Waals surface area contributed by atoms with Gasteiger partial charge in [0, 0.05) is 75.6 Å². The number of nitrogens with zero attached hydrogens (tertiary/aromatic N) is 3. The number of allylic oxidation sites excluding steroid dienone is 3. The molecule has 10 heteroatoms. The fourth-order valence-corrected chi connectivity index (χ4v) is 4.54. The van der Waals surface area contributed by atoms with Gasteiger partial charge in [-0.05, 0) is 24.6 Å². The predicted octanol–water partition coefficient (Wildman–Crippen LogP) is 1.12. The minimum atomic E-state index is -0.666. The first-order valence-corrected chi connectivity index (χ1v) is 12.4. The van der Waals surface area contributed by atoms with E-state index in [-0.39, 0.29) is 29.2 Å². The first kappa shape index (κ1) is 27.9. The van der Waals surface area contributed by atoms with Crippen LogP contribution in [0.3, 0.4) is 0 Å². The van der Waals surface area contributed by atoms with Gasteiger partial charge in [0.2, 0.25) is 11.8 Å². The summed E-state index contributed by atoms with van der Waals surface area (Å²) in [5, 5.41) is 11.8. The Balaban J connectivity index is 1.65. The van der Waals surface area contributed by atoms with Crippen molar-refractivity contribution in [3.05, 3.63) is 71.1 Å². The van der Waals surface area contributed by atoms with E-state index in [1.54, 1.807) is 16.7 Å². The molecule has 2 fully saturated rings. The molecule has 2 heterocycles. The predicted molar refractivity (Wildman–Crippen MR) is 141 cm³/mol. The lowest BCUT2D eigenvalue weighted by molar-refractivity contribution is -0.134. The molecule has 1 aromatic carbocycles. The smallest absolute Gasteiger partial charge is 0.256 e. The van der Waals surface area contributed by atoms with Crippen molar-refractivity contribution in [3.63, 3.8) is 0 Å². The Morgan fingerprint density at radius 3 is 2.32 bits per heavy atom. The van der Waals surface area contributed by atoms with E-state index < -0.39 is 17.6 Å². The zero-order chi connectivity index (χ0) is 26.9. The summed E-state index contributed by atoms with van der Waals surface area (Å²) in [4.78, 5) is 43.0. The first-order valence-electron chi connectivity index (χ1n) is 12.4. The Morgan fingerprint density at radius 2 is 1.73 bits per heavy atom. The van der Waals surface area contributed by atoms with Crippen molar-refractivity contribution in [3.8, 4) is 0 Å². The number of rotatable bonds is 9. The van der Waals surface area contributed by atoms with Crippen LogP contribution in [0.2, 0.25) is 0 Å². The molecule has 0 spiro atoms. The van der Waals surface area contributed by atoms with Gasteiger partial charge in [0.25, 0.3) is 5.91 Å². The number of carbonyl (C=O) groups excluding carboxylic acids is 3. The minimum Gasteiger partial charge on any atom is -0.366 e. The van der Waals surface area contributed by atoms with E-state index in [1.165, 1.54) is 36.4 Å². The quantitative estimate of drug-likeness (QED) is 0.261. The van der Waals surface area contributed by atoms with Crippen LogP contribution in [0, 0.1) is 11.2 Å². The van der Waals surface area contributed by atoms with Crippen molar-refractivity contribution < 1.29 is 18.8 Å². The van der Waals surface area contributed by atoms with Crippen molar-refractivity contribution >= 4 is 23.4 Å². The molecule has 9 nitrogen and oxygen atoms in total. The summed E-state index contributed by atoms with van der Waals surface area (Å²) in [5.74, 6) is -1.72. The summed E-state index contributed by atoms with van der Waals surface area (Å²) in [5.41, 5.74) is 6.51. The zero-order valence-electron chi connectivity index (χ0n) is 21.3. The number of benzene rings is 1. The van der Waals surface area contributed by atoms with E-state index in [0.29, 0.717) is 43.9 Å². The second-order valence-corrected chi connectivity index (χ2v) is 9.05. The second kappa shape index (κ2) is 13.1. The summed E-state index contributed by atoms with van der Waals surface area (Å²) >= 11 is 0. The molecule has 0 atom stereocenters. The van der Waals surface area contributed by atoms with Gasteiger partial charge in [0.15, 0.2) is 0 Å². The first-order chi connectivity index (χ1) is 17.7. The van der Waals surface area contributed by atoms with Gasteiger partial charge in [-0.2, -0.15) is 0 Å². The van der Waals surface area contributed by atoms with Crippen molar-refractivity contribution in [2.24, 2.45) is 5.73 Å². The largest absolute Gasteiger partial charge is 0.366 e. The number of hydrogen-bond donors (Lipinski definition) is 3. The van der Waals surface area contributed by atoms with Crippen molar-refractivity contribution in [2.75, 3.05) is 58.9 Å². The van der Waals surface area contributed by atoms with Crippen LogP contribution in [-0.4, -0.2) is 97.0 Å². The molecule has 2 saturated heterocycles. The molecule has 0 unspecified atom stereocenters. The van der Waals surface area contributed by atoms with Crippen LogP contribution in [0.1, 0.15) is 22.8 Å². The monoisotopic (exact) mass is 510 g/mol. The molecule has 4 N–H and O–H groups in total. The van der Waals surface area contributed by atoms with E-state index in [1.807, 2.05) is 0 Å². The summed E-state index contributed by atoms with van der Waals surface area (Å²) in [6.45, 7) is 10.5. The van der Waals surface area contributed by atoms with Gasteiger partial charge in [-0.15, -0.1) is 0 Å². The fraction of sp³-hybridized carbons (Fsp3) is 0.407. The normalized spacial score (nSPS) is 17.5. The molecular weight excluding hydrogens is 475 g/mol. The van der Waals surface area contributed by atoms with Crippen LogP contribution >= 0.6 is 0 Å². The van der Waals surface area contributed by atoms with Crippen LogP contribution in [0.15, 0.2) is 54.2 Å².